The molecule has 0 bridgehead atoms. The first-order chi connectivity index (χ1) is 13.4. The van der Waals surface area contributed by atoms with Crippen molar-refractivity contribution in [3.05, 3.63) is 76.4 Å². The van der Waals surface area contributed by atoms with Crippen molar-refractivity contribution in [2.45, 2.75) is 27.3 Å². The number of likely N-dealkylation sites (N-methyl/N-ethyl adjacent to an activating group) is 1. The normalized spacial score (nSPS) is 14.4. The molecule has 5 heteroatoms. The highest BCUT2D eigenvalue weighted by atomic mass is 35.5. The summed E-state index contributed by atoms with van der Waals surface area (Å²) in [5.41, 5.74) is 2.74. The first-order valence-electron chi connectivity index (χ1n) is 9.57. The van der Waals surface area contributed by atoms with Crippen molar-refractivity contribution in [3.8, 4) is 0 Å². The van der Waals surface area contributed by atoms with Gasteiger partial charge >= 0.3 is 0 Å². The fourth-order valence-corrected chi connectivity index (χ4v) is 3.54. The standard InChI is InChI=1S/C23H25ClN2O2/c1-4-25(15-17-8-6-5-7-9-17)21-20(18-10-12-19(24)13-11-18)22(27)26(23(21)28)14-16(2)3/h5-13,16H,4,14-15H2,1-3H3. The molecule has 2 aromatic rings. The third-order valence-electron chi connectivity index (χ3n) is 4.74. The summed E-state index contributed by atoms with van der Waals surface area (Å²) in [6.45, 7) is 7.59. The van der Waals surface area contributed by atoms with Crippen molar-refractivity contribution in [2.75, 3.05) is 13.1 Å². The lowest BCUT2D eigenvalue weighted by Crippen LogP contribution is -2.37. The summed E-state index contributed by atoms with van der Waals surface area (Å²) in [5, 5.41) is 0.596. The van der Waals surface area contributed by atoms with Crippen LogP contribution in [0, 0.1) is 5.92 Å². The summed E-state index contributed by atoms with van der Waals surface area (Å²) < 4.78 is 0. The van der Waals surface area contributed by atoms with Gasteiger partial charge in [0.25, 0.3) is 11.8 Å². The first kappa shape index (κ1) is 20.2. The average molecular weight is 397 g/mol. The number of carbonyl (C=O) groups excluding carboxylic acids is 2. The maximum absolute atomic E-state index is 13.3. The van der Waals surface area contributed by atoms with Crippen LogP contribution < -0.4 is 0 Å². The molecule has 0 saturated carbocycles. The second kappa shape index (κ2) is 8.61. The molecule has 0 spiro atoms. The van der Waals surface area contributed by atoms with Crippen LogP contribution in [0.4, 0.5) is 0 Å². The third-order valence-corrected chi connectivity index (χ3v) is 4.99. The van der Waals surface area contributed by atoms with Gasteiger partial charge in [0.05, 0.1) is 5.57 Å². The number of amides is 2. The Labute approximate surface area is 171 Å². The Hall–Kier alpha value is -2.59. The maximum atomic E-state index is 13.3. The molecule has 0 aromatic heterocycles. The van der Waals surface area contributed by atoms with Crippen LogP contribution in [0.2, 0.25) is 5.02 Å². The summed E-state index contributed by atoms with van der Waals surface area (Å²) in [7, 11) is 0. The number of imide groups is 1. The van der Waals surface area contributed by atoms with Crippen LogP contribution in [0.1, 0.15) is 31.9 Å². The van der Waals surface area contributed by atoms with E-state index in [1.165, 1.54) is 4.90 Å². The smallest absolute Gasteiger partial charge is 0.277 e. The van der Waals surface area contributed by atoms with Crippen molar-refractivity contribution >= 4 is 29.0 Å². The lowest BCUT2D eigenvalue weighted by Gasteiger charge is -2.25. The molecule has 0 fully saturated rings. The van der Waals surface area contributed by atoms with Gasteiger partial charge in [0.15, 0.2) is 0 Å². The quantitative estimate of drug-likeness (QED) is 0.642. The van der Waals surface area contributed by atoms with Crippen LogP contribution in [-0.4, -0.2) is 34.7 Å². The summed E-state index contributed by atoms with van der Waals surface area (Å²) in [6.07, 6.45) is 0. The highest BCUT2D eigenvalue weighted by Gasteiger charge is 2.41. The number of halogens is 1. The van der Waals surface area contributed by atoms with E-state index in [-0.39, 0.29) is 17.7 Å². The summed E-state index contributed by atoms with van der Waals surface area (Å²) >= 11 is 6.03. The van der Waals surface area contributed by atoms with Crippen LogP contribution in [0.25, 0.3) is 5.57 Å². The van der Waals surface area contributed by atoms with Gasteiger partial charge in [0, 0.05) is 24.7 Å². The Morgan fingerprint density at radius 2 is 1.61 bits per heavy atom. The number of nitrogens with zero attached hydrogens (tertiary/aromatic N) is 2. The first-order valence-corrected chi connectivity index (χ1v) is 9.95. The molecule has 2 amide bonds. The SMILES string of the molecule is CCN(Cc1ccccc1)C1=C(c2ccc(Cl)cc2)C(=O)N(CC(C)C)C1=O. The van der Waals surface area contributed by atoms with Crippen LogP contribution in [0.3, 0.4) is 0 Å². The fraction of sp³-hybridized carbons (Fsp3) is 0.304. The van der Waals surface area contributed by atoms with Gasteiger partial charge in [-0.05, 0) is 36.1 Å². The molecule has 0 unspecified atom stereocenters. The van der Waals surface area contributed by atoms with Gasteiger partial charge in [0.1, 0.15) is 5.70 Å². The maximum Gasteiger partial charge on any atom is 0.277 e. The minimum Gasteiger partial charge on any atom is -0.362 e. The zero-order chi connectivity index (χ0) is 20.3. The molecule has 2 aromatic carbocycles. The van der Waals surface area contributed by atoms with Crippen molar-refractivity contribution < 1.29 is 9.59 Å². The van der Waals surface area contributed by atoms with Crippen molar-refractivity contribution in [3.63, 3.8) is 0 Å². The second-order valence-electron chi connectivity index (χ2n) is 7.35. The van der Waals surface area contributed by atoms with E-state index in [9.17, 15) is 9.59 Å². The van der Waals surface area contributed by atoms with Gasteiger partial charge < -0.3 is 4.90 Å². The Morgan fingerprint density at radius 1 is 0.964 bits per heavy atom. The number of hydrogen-bond donors (Lipinski definition) is 0. The molecule has 0 radical (unpaired) electrons. The van der Waals surface area contributed by atoms with Crippen molar-refractivity contribution in [2.24, 2.45) is 5.92 Å². The Balaban J connectivity index is 2.07. The molecule has 0 aliphatic carbocycles. The number of hydrogen-bond acceptors (Lipinski definition) is 3. The van der Waals surface area contributed by atoms with E-state index in [0.29, 0.717) is 35.9 Å². The summed E-state index contributed by atoms with van der Waals surface area (Å²) in [6, 6.07) is 17.1. The third kappa shape index (κ3) is 4.12. The molecule has 146 valence electrons. The number of rotatable bonds is 7. The molecule has 1 aliphatic heterocycles. The molecule has 3 rings (SSSR count). The highest BCUT2D eigenvalue weighted by Crippen LogP contribution is 2.33. The Morgan fingerprint density at radius 3 is 2.18 bits per heavy atom. The monoisotopic (exact) mass is 396 g/mol. The Bertz CT molecular complexity index is 889. The molecule has 0 N–H and O–H groups in total. The zero-order valence-electron chi connectivity index (χ0n) is 16.5. The second-order valence-corrected chi connectivity index (χ2v) is 7.78. The fourth-order valence-electron chi connectivity index (χ4n) is 3.42. The van der Waals surface area contributed by atoms with Gasteiger partial charge in [-0.3, -0.25) is 14.5 Å². The van der Waals surface area contributed by atoms with Gasteiger partial charge in [-0.25, -0.2) is 0 Å². The largest absolute Gasteiger partial charge is 0.362 e. The van der Waals surface area contributed by atoms with Gasteiger partial charge in [-0.2, -0.15) is 0 Å². The molecule has 1 heterocycles. The number of benzene rings is 2. The van der Waals surface area contributed by atoms with E-state index in [4.69, 9.17) is 11.6 Å². The van der Waals surface area contributed by atoms with Crippen LogP contribution in [0.5, 0.6) is 0 Å². The predicted octanol–water partition coefficient (Wildman–Crippen LogP) is 4.60. The van der Waals surface area contributed by atoms with Gasteiger partial charge in [0.2, 0.25) is 0 Å². The molecule has 4 nitrogen and oxygen atoms in total. The topological polar surface area (TPSA) is 40.6 Å². The van der Waals surface area contributed by atoms with Crippen LogP contribution >= 0.6 is 11.6 Å². The van der Waals surface area contributed by atoms with Crippen LogP contribution in [0.15, 0.2) is 60.3 Å². The predicted molar refractivity (Wildman–Crippen MR) is 112 cm³/mol. The lowest BCUT2D eigenvalue weighted by molar-refractivity contribution is -0.138. The summed E-state index contributed by atoms with van der Waals surface area (Å²) in [4.78, 5) is 29.8. The minimum atomic E-state index is -0.234. The van der Waals surface area contributed by atoms with E-state index in [1.807, 2.05) is 56.0 Å². The Kier molecular flexibility index (Phi) is 6.20. The van der Waals surface area contributed by atoms with E-state index < -0.39 is 0 Å². The lowest BCUT2D eigenvalue weighted by atomic mass is 10.0. The average Bonchev–Trinajstić information content (AvgIpc) is 2.92. The van der Waals surface area contributed by atoms with Crippen LogP contribution in [-0.2, 0) is 16.1 Å². The highest BCUT2D eigenvalue weighted by molar-refractivity contribution is 6.36. The molecular weight excluding hydrogens is 372 g/mol. The molecule has 0 atom stereocenters. The van der Waals surface area contributed by atoms with Crippen molar-refractivity contribution in [1.29, 1.82) is 0 Å². The minimum absolute atomic E-state index is 0.197. The summed E-state index contributed by atoms with van der Waals surface area (Å²) in [5.74, 6) is -0.258. The molecule has 0 saturated heterocycles. The van der Waals surface area contributed by atoms with Crippen molar-refractivity contribution in [1.82, 2.24) is 9.80 Å². The van der Waals surface area contributed by atoms with E-state index in [1.54, 1.807) is 24.3 Å². The molecule has 28 heavy (non-hydrogen) atoms. The van der Waals surface area contributed by atoms with E-state index >= 15 is 0 Å². The van der Waals surface area contributed by atoms with E-state index in [0.717, 1.165) is 11.1 Å². The van der Waals surface area contributed by atoms with E-state index in [2.05, 4.69) is 0 Å². The zero-order valence-corrected chi connectivity index (χ0v) is 17.2. The van der Waals surface area contributed by atoms with Gasteiger partial charge in [-0.15, -0.1) is 0 Å². The van der Waals surface area contributed by atoms with Gasteiger partial charge in [-0.1, -0.05) is 67.9 Å². The molecule has 1 aliphatic rings. The molecular formula is C23H25ClN2O2. The number of carbonyl (C=O) groups is 2.